The van der Waals surface area contributed by atoms with Gasteiger partial charge in [-0.15, -0.1) is 0 Å². The van der Waals surface area contributed by atoms with Gasteiger partial charge >= 0.3 is 51.4 Å². The fraction of sp³-hybridized carbons (Fsp3) is 0.167. The van der Waals surface area contributed by atoms with E-state index in [0.29, 0.717) is 28.3 Å². The number of nitriles is 1. The van der Waals surface area contributed by atoms with Crippen LogP contribution in [-0.4, -0.2) is 15.7 Å². The van der Waals surface area contributed by atoms with E-state index in [1.807, 2.05) is 13.0 Å². The predicted molar refractivity (Wildman–Crippen MR) is 88.5 cm³/mol. The molecule has 5 nitrogen and oxygen atoms in total. The zero-order valence-corrected chi connectivity index (χ0v) is 17.8. The summed E-state index contributed by atoms with van der Waals surface area (Å²) in [5.74, 6) is -1.13. The summed E-state index contributed by atoms with van der Waals surface area (Å²) in [5.41, 5.74) is 3.46. The van der Waals surface area contributed by atoms with Gasteiger partial charge in [-0.05, 0) is 30.7 Å². The summed E-state index contributed by atoms with van der Waals surface area (Å²) >= 11 is 6.24. The van der Waals surface area contributed by atoms with E-state index in [1.54, 1.807) is 35.0 Å². The van der Waals surface area contributed by atoms with Crippen molar-refractivity contribution in [2.24, 2.45) is 0 Å². The van der Waals surface area contributed by atoms with E-state index < -0.39 is 5.97 Å². The molecule has 0 aliphatic rings. The van der Waals surface area contributed by atoms with Crippen LogP contribution in [0.2, 0.25) is 5.02 Å². The molecule has 0 bridgehead atoms. The largest absolute Gasteiger partial charge is 1.00 e. The van der Waals surface area contributed by atoms with Crippen molar-refractivity contribution < 1.29 is 61.3 Å². The Morgan fingerprint density at radius 1 is 1.36 bits per heavy atom. The maximum Gasteiger partial charge on any atom is 1.00 e. The molecule has 3 aromatic rings. The van der Waals surface area contributed by atoms with Gasteiger partial charge in [0.25, 0.3) is 0 Å². The smallest absolute Gasteiger partial charge is 0.550 e. The van der Waals surface area contributed by atoms with Crippen LogP contribution in [0.15, 0.2) is 36.4 Å². The van der Waals surface area contributed by atoms with Crippen LogP contribution in [0, 0.1) is 18.3 Å². The molecule has 0 aliphatic carbocycles. The number of fused-ring (bicyclic) bond motifs is 1. The molecule has 0 fully saturated rings. The van der Waals surface area contributed by atoms with E-state index in [4.69, 9.17) is 11.6 Å². The molecule has 0 radical (unpaired) electrons. The van der Waals surface area contributed by atoms with Gasteiger partial charge in [0, 0.05) is 28.4 Å². The number of benzene rings is 2. The average molecular weight is 378 g/mol. The minimum Gasteiger partial charge on any atom is -0.550 e. The Morgan fingerprint density at radius 2 is 2.12 bits per heavy atom. The topological polar surface area (TPSA) is 81.7 Å². The minimum atomic E-state index is -1.13. The maximum absolute atomic E-state index is 10.8. The van der Waals surface area contributed by atoms with Gasteiger partial charge in [-0.25, -0.2) is 0 Å². The third-order valence-electron chi connectivity index (χ3n) is 3.90. The molecule has 1 heterocycles. The summed E-state index contributed by atoms with van der Waals surface area (Å²) in [6, 6.07) is 12.7. The SMILES string of the molecule is Cc1nn(Cc2c(Cl)cccc2C#N)c2cc(CC(=O)[O-])ccc12.[K+]. The number of carbonyl (C=O) groups is 1. The number of carboxylic acid groups (broad SMARTS) is 1. The third kappa shape index (κ3) is 4.32. The summed E-state index contributed by atoms with van der Waals surface area (Å²) in [7, 11) is 0. The zero-order valence-electron chi connectivity index (χ0n) is 13.9. The number of carbonyl (C=O) groups excluding carboxylic acids is 1. The van der Waals surface area contributed by atoms with Gasteiger partial charge in [0.2, 0.25) is 0 Å². The molecular weight excluding hydrogens is 365 g/mol. The first-order valence-corrected chi connectivity index (χ1v) is 7.70. The Kier molecular flexibility index (Phi) is 6.80. The van der Waals surface area contributed by atoms with Crippen molar-refractivity contribution in [3.05, 3.63) is 63.8 Å². The summed E-state index contributed by atoms with van der Waals surface area (Å²) in [6.45, 7) is 2.22. The molecule has 7 heteroatoms. The van der Waals surface area contributed by atoms with Crippen LogP contribution in [-0.2, 0) is 17.8 Å². The molecule has 25 heavy (non-hydrogen) atoms. The van der Waals surface area contributed by atoms with Crippen LogP contribution >= 0.6 is 11.6 Å². The molecule has 120 valence electrons. The zero-order chi connectivity index (χ0) is 17.3. The molecule has 0 aliphatic heterocycles. The molecule has 0 amide bonds. The van der Waals surface area contributed by atoms with Crippen LogP contribution in [0.5, 0.6) is 0 Å². The van der Waals surface area contributed by atoms with Crippen LogP contribution in [0.3, 0.4) is 0 Å². The summed E-state index contributed by atoms with van der Waals surface area (Å²) in [6.07, 6.45) is -0.157. The van der Waals surface area contributed by atoms with E-state index >= 15 is 0 Å². The Morgan fingerprint density at radius 3 is 2.80 bits per heavy atom. The van der Waals surface area contributed by atoms with Crippen molar-refractivity contribution in [2.75, 3.05) is 0 Å². The van der Waals surface area contributed by atoms with Crippen molar-refractivity contribution in [3.8, 4) is 6.07 Å². The normalized spacial score (nSPS) is 10.3. The van der Waals surface area contributed by atoms with Crippen LogP contribution < -0.4 is 56.5 Å². The molecule has 0 unspecified atom stereocenters. The number of hydrogen-bond acceptors (Lipinski definition) is 4. The van der Waals surface area contributed by atoms with Crippen molar-refractivity contribution in [1.29, 1.82) is 5.26 Å². The molecule has 0 N–H and O–H groups in total. The minimum absolute atomic E-state index is 0. The van der Waals surface area contributed by atoms with Crippen molar-refractivity contribution >= 4 is 28.5 Å². The van der Waals surface area contributed by atoms with Gasteiger partial charge in [0.1, 0.15) is 0 Å². The standard InChI is InChI=1S/C18H14ClN3O2.K/c1-11-14-6-5-12(8-18(23)24)7-17(14)22(21-11)10-15-13(9-20)3-2-4-16(15)19;/h2-7H,8,10H2,1H3,(H,23,24);/q;+1/p-1. The summed E-state index contributed by atoms with van der Waals surface area (Å²) in [5, 5.41) is 26.0. The first-order chi connectivity index (χ1) is 11.5. The van der Waals surface area contributed by atoms with E-state index in [9.17, 15) is 15.2 Å². The summed E-state index contributed by atoms with van der Waals surface area (Å²) < 4.78 is 1.74. The number of hydrogen-bond donors (Lipinski definition) is 0. The first-order valence-electron chi connectivity index (χ1n) is 7.33. The summed E-state index contributed by atoms with van der Waals surface area (Å²) in [4.78, 5) is 10.8. The fourth-order valence-corrected chi connectivity index (χ4v) is 2.99. The van der Waals surface area contributed by atoms with E-state index in [-0.39, 0.29) is 57.8 Å². The molecule has 3 rings (SSSR count). The second kappa shape index (κ2) is 8.45. The Bertz CT molecular complexity index is 992. The van der Waals surface area contributed by atoms with Gasteiger partial charge in [-0.2, -0.15) is 10.4 Å². The monoisotopic (exact) mass is 377 g/mol. The van der Waals surface area contributed by atoms with E-state index in [0.717, 1.165) is 16.6 Å². The van der Waals surface area contributed by atoms with Crippen molar-refractivity contribution in [1.82, 2.24) is 9.78 Å². The van der Waals surface area contributed by atoms with Gasteiger partial charge < -0.3 is 9.90 Å². The van der Waals surface area contributed by atoms with Gasteiger partial charge in [-0.1, -0.05) is 29.8 Å². The van der Waals surface area contributed by atoms with E-state index in [1.165, 1.54) is 0 Å². The molecule has 1 aromatic heterocycles. The number of aryl methyl sites for hydroxylation is 1. The third-order valence-corrected chi connectivity index (χ3v) is 4.25. The average Bonchev–Trinajstić information content (AvgIpc) is 2.84. The Balaban J connectivity index is 0.00000225. The second-order valence-electron chi connectivity index (χ2n) is 5.52. The number of carboxylic acids is 1. The second-order valence-corrected chi connectivity index (χ2v) is 5.93. The van der Waals surface area contributed by atoms with Gasteiger partial charge in [0.05, 0.1) is 29.4 Å². The first kappa shape index (κ1) is 20.1. The molecule has 0 spiro atoms. The maximum atomic E-state index is 10.8. The number of halogens is 1. The number of aliphatic carboxylic acids is 1. The van der Waals surface area contributed by atoms with E-state index in [2.05, 4.69) is 11.2 Å². The van der Waals surface area contributed by atoms with Gasteiger partial charge in [0.15, 0.2) is 0 Å². The number of rotatable bonds is 4. The number of aromatic nitrogens is 2. The van der Waals surface area contributed by atoms with Crippen LogP contribution in [0.25, 0.3) is 10.9 Å². The molecular formula is C18H13ClKN3O2. The van der Waals surface area contributed by atoms with Gasteiger partial charge in [-0.3, -0.25) is 4.68 Å². The molecule has 0 atom stereocenters. The van der Waals surface area contributed by atoms with Crippen LogP contribution in [0.4, 0.5) is 0 Å². The van der Waals surface area contributed by atoms with Crippen molar-refractivity contribution in [2.45, 2.75) is 19.9 Å². The molecule has 2 aromatic carbocycles. The quantitative estimate of drug-likeness (QED) is 0.558. The fourth-order valence-electron chi connectivity index (χ4n) is 2.76. The Hall–Kier alpha value is -1.20. The molecule has 0 saturated carbocycles. The number of nitrogens with zero attached hydrogens (tertiary/aromatic N) is 3. The van der Waals surface area contributed by atoms with Crippen LogP contribution in [0.1, 0.15) is 22.4 Å². The van der Waals surface area contributed by atoms with Crippen molar-refractivity contribution in [3.63, 3.8) is 0 Å². The predicted octanol–water partition coefficient (Wildman–Crippen LogP) is -0.786. The molecule has 0 saturated heterocycles. The Labute approximate surface area is 192 Å².